The van der Waals surface area contributed by atoms with Gasteiger partial charge in [-0.25, -0.2) is 0 Å². The topological polar surface area (TPSA) is 26.3 Å². The summed E-state index contributed by atoms with van der Waals surface area (Å²) < 4.78 is 5.62. The molecule has 1 aromatic rings. The standard InChI is InChI=1S/C18H24O2/c1-4-6-8-18(19)15(3)14-16-9-11-17(12-10-16)20-13-7-5-2/h1,9-12,15H,5-8,13-14H2,2-3H3/t15-/m0/s1. The van der Waals surface area contributed by atoms with Gasteiger partial charge in [0.2, 0.25) is 0 Å². The maximum atomic E-state index is 11.8. The fourth-order valence-corrected chi connectivity index (χ4v) is 1.97. The Bertz CT molecular complexity index is 439. The first kappa shape index (κ1) is 16.3. The van der Waals surface area contributed by atoms with Crippen LogP contribution in [0.2, 0.25) is 0 Å². The largest absolute Gasteiger partial charge is 0.494 e. The minimum absolute atomic E-state index is 0.0233. The predicted octanol–water partition coefficient (Wildman–Crippen LogP) is 4.03. The van der Waals surface area contributed by atoms with Crippen LogP contribution in [0.5, 0.6) is 5.75 Å². The van der Waals surface area contributed by atoms with Crippen molar-refractivity contribution in [3.8, 4) is 18.1 Å². The Labute approximate surface area is 122 Å². The first-order chi connectivity index (χ1) is 9.67. The molecule has 2 heteroatoms. The first-order valence-electron chi connectivity index (χ1n) is 7.35. The summed E-state index contributed by atoms with van der Waals surface area (Å²) in [5.74, 6) is 3.67. The molecule has 0 aliphatic heterocycles. The van der Waals surface area contributed by atoms with E-state index in [-0.39, 0.29) is 11.7 Å². The molecule has 0 aliphatic rings. The molecule has 0 amide bonds. The monoisotopic (exact) mass is 272 g/mol. The van der Waals surface area contributed by atoms with E-state index in [9.17, 15) is 4.79 Å². The molecular formula is C18H24O2. The number of hydrogen-bond acceptors (Lipinski definition) is 2. The van der Waals surface area contributed by atoms with Gasteiger partial charge in [-0.3, -0.25) is 4.79 Å². The van der Waals surface area contributed by atoms with Crippen molar-refractivity contribution in [2.45, 2.75) is 46.0 Å². The van der Waals surface area contributed by atoms with Crippen molar-refractivity contribution in [1.82, 2.24) is 0 Å². The van der Waals surface area contributed by atoms with Crippen molar-refractivity contribution in [1.29, 1.82) is 0 Å². The summed E-state index contributed by atoms with van der Waals surface area (Å²) in [7, 11) is 0. The number of rotatable bonds is 9. The Balaban J connectivity index is 2.44. The summed E-state index contributed by atoms with van der Waals surface area (Å²) >= 11 is 0. The number of Topliss-reactive ketones (excluding diaryl/α,β-unsaturated/α-hetero) is 1. The average molecular weight is 272 g/mol. The van der Waals surface area contributed by atoms with Gasteiger partial charge in [0.25, 0.3) is 0 Å². The van der Waals surface area contributed by atoms with Crippen LogP contribution in [0.25, 0.3) is 0 Å². The zero-order valence-corrected chi connectivity index (χ0v) is 12.5. The van der Waals surface area contributed by atoms with E-state index in [0.29, 0.717) is 12.8 Å². The molecule has 0 saturated heterocycles. The molecule has 2 nitrogen and oxygen atoms in total. The number of carbonyl (C=O) groups excluding carboxylic acids is 1. The zero-order chi connectivity index (χ0) is 14.8. The van der Waals surface area contributed by atoms with Crippen LogP contribution >= 0.6 is 0 Å². The first-order valence-corrected chi connectivity index (χ1v) is 7.35. The molecule has 1 aromatic carbocycles. The SMILES string of the molecule is C#CCCC(=O)[C@@H](C)Cc1ccc(OCCCC)cc1. The van der Waals surface area contributed by atoms with Crippen LogP contribution in [0.1, 0.15) is 45.1 Å². The minimum Gasteiger partial charge on any atom is -0.494 e. The number of hydrogen-bond donors (Lipinski definition) is 0. The molecular weight excluding hydrogens is 248 g/mol. The lowest BCUT2D eigenvalue weighted by molar-refractivity contribution is -0.122. The molecule has 1 atom stereocenters. The number of carbonyl (C=O) groups is 1. The van der Waals surface area contributed by atoms with Gasteiger partial charge >= 0.3 is 0 Å². The van der Waals surface area contributed by atoms with Crippen LogP contribution in [0.3, 0.4) is 0 Å². The van der Waals surface area contributed by atoms with Crippen LogP contribution in [-0.4, -0.2) is 12.4 Å². The third-order valence-electron chi connectivity index (χ3n) is 3.30. The molecule has 1 rings (SSSR count). The molecule has 0 saturated carbocycles. The fourth-order valence-electron chi connectivity index (χ4n) is 1.97. The van der Waals surface area contributed by atoms with E-state index in [1.807, 2.05) is 31.2 Å². The highest BCUT2D eigenvalue weighted by Gasteiger charge is 2.12. The van der Waals surface area contributed by atoms with Crippen LogP contribution in [0, 0.1) is 18.3 Å². The summed E-state index contributed by atoms with van der Waals surface area (Å²) in [5.41, 5.74) is 1.16. The van der Waals surface area contributed by atoms with Crippen molar-refractivity contribution < 1.29 is 9.53 Å². The highest BCUT2D eigenvalue weighted by molar-refractivity contribution is 5.81. The molecule has 0 aliphatic carbocycles. The van der Waals surface area contributed by atoms with E-state index < -0.39 is 0 Å². The van der Waals surface area contributed by atoms with Crippen LogP contribution < -0.4 is 4.74 Å². The molecule has 20 heavy (non-hydrogen) atoms. The van der Waals surface area contributed by atoms with Gasteiger partial charge < -0.3 is 4.74 Å². The van der Waals surface area contributed by atoms with Crippen molar-refractivity contribution in [3.05, 3.63) is 29.8 Å². The Morgan fingerprint density at radius 2 is 2.05 bits per heavy atom. The smallest absolute Gasteiger partial charge is 0.136 e. The molecule has 0 N–H and O–H groups in total. The molecule has 108 valence electrons. The Kier molecular flexibility index (Phi) is 7.50. The van der Waals surface area contributed by atoms with Gasteiger partial charge in [-0.2, -0.15) is 0 Å². The zero-order valence-electron chi connectivity index (χ0n) is 12.5. The van der Waals surface area contributed by atoms with Gasteiger partial charge in [-0.05, 0) is 30.5 Å². The maximum absolute atomic E-state index is 11.8. The number of benzene rings is 1. The van der Waals surface area contributed by atoms with Crippen molar-refractivity contribution in [2.75, 3.05) is 6.61 Å². The van der Waals surface area contributed by atoms with E-state index in [4.69, 9.17) is 11.2 Å². The summed E-state index contributed by atoms with van der Waals surface area (Å²) in [4.78, 5) is 11.8. The lowest BCUT2D eigenvalue weighted by Gasteiger charge is -2.11. The Morgan fingerprint density at radius 1 is 1.35 bits per heavy atom. The van der Waals surface area contributed by atoms with E-state index >= 15 is 0 Å². The molecule has 0 unspecified atom stereocenters. The number of ketones is 1. The van der Waals surface area contributed by atoms with Gasteiger partial charge in [0.1, 0.15) is 11.5 Å². The summed E-state index contributed by atoms with van der Waals surface area (Å²) in [6.07, 6.45) is 9.17. The van der Waals surface area contributed by atoms with Crippen LogP contribution in [0.4, 0.5) is 0 Å². The van der Waals surface area contributed by atoms with Gasteiger partial charge in [0, 0.05) is 18.8 Å². The maximum Gasteiger partial charge on any atom is 0.136 e. The molecule has 0 radical (unpaired) electrons. The van der Waals surface area contributed by atoms with Gasteiger partial charge in [-0.15, -0.1) is 12.3 Å². The minimum atomic E-state index is 0.0233. The van der Waals surface area contributed by atoms with E-state index in [2.05, 4.69) is 12.8 Å². The summed E-state index contributed by atoms with van der Waals surface area (Å²) in [6, 6.07) is 8.02. The van der Waals surface area contributed by atoms with Gasteiger partial charge in [0.05, 0.1) is 6.61 Å². The summed E-state index contributed by atoms with van der Waals surface area (Å²) in [6.45, 7) is 4.87. The molecule has 0 bridgehead atoms. The van der Waals surface area contributed by atoms with E-state index in [0.717, 1.165) is 37.2 Å². The Morgan fingerprint density at radius 3 is 2.65 bits per heavy atom. The van der Waals surface area contributed by atoms with E-state index in [1.54, 1.807) is 0 Å². The molecule has 0 heterocycles. The Hall–Kier alpha value is -1.75. The fraction of sp³-hybridized carbons (Fsp3) is 0.500. The molecule has 0 fully saturated rings. The highest BCUT2D eigenvalue weighted by atomic mass is 16.5. The number of terminal acetylenes is 1. The normalized spacial score (nSPS) is 11.7. The second-order valence-corrected chi connectivity index (χ2v) is 5.12. The van der Waals surface area contributed by atoms with Crippen molar-refractivity contribution in [3.63, 3.8) is 0 Å². The van der Waals surface area contributed by atoms with Crippen LogP contribution in [0.15, 0.2) is 24.3 Å². The quantitative estimate of drug-likeness (QED) is 0.501. The number of ether oxygens (including phenoxy) is 1. The van der Waals surface area contributed by atoms with Gasteiger partial charge in [-0.1, -0.05) is 32.4 Å². The molecule has 0 spiro atoms. The number of unbranched alkanes of at least 4 members (excludes halogenated alkanes) is 1. The summed E-state index contributed by atoms with van der Waals surface area (Å²) in [5, 5.41) is 0. The second kappa shape index (κ2) is 9.20. The second-order valence-electron chi connectivity index (χ2n) is 5.12. The third-order valence-corrected chi connectivity index (χ3v) is 3.30. The third kappa shape index (κ3) is 5.93. The van der Waals surface area contributed by atoms with Crippen molar-refractivity contribution >= 4 is 5.78 Å². The highest BCUT2D eigenvalue weighted by Crippen LogP contribution is 2.16. The van der Waals surface area contributed by atoms with Gasteiger partial charge in [0.15, 0.2) is 0 Å². The lowest BCUT2D eigenvalue weighted by Crippen LogP contribution is -2.13. The average Bonchev–Trinajstić information content (AvgIpc) is 2.46. The molecule has 0 aromatic heterocycles. The van der Waals surface area contributed by atoms with Crippen LogP contribution in [-0.2, 0) is 11.2 Å². The lowest BCUT2D eigenvalue weighted by atomic mass is 9.95. The van der Waals surface area contributed by atoms with Crippen molar-refractivity contribution in [2.24, 2.45) is 5.92 Å². The van der Waals surface area contributed by atoms with E-state index in [1.165, 1.54) is 0 Å². The predicted molar refractivity (Wildman–Crippen MR) is 82.8 cm³/mol.